The van der Waals surface area contributed by atoms with Crippen LogP contribution in [0.15, 0.2) is 33.7 Å². The Kier molecular flexibility index (Phi) is 36.1. The first-order valence-electron chi connectivity index (χ1n) is 14.6. The predicted molar refractivity (Wildman–Crippen MR) is 170 cm³/mol. The third-order valence-corrected chi connectivity index (χ3v) is 7.32. The van der Waals surface area contributed by atoms with Crippen molar-refractivity contribution in [1.29, 1.82) is 0 Å². The number of aliphatic hydroxyl groups is 1. The normalized spacial score (nSPS) is 11.7. The van der Waals surface area contributed by atoms with Crippen molar-refractivity contribution in [2.24, 2.45) is 11.8 Å². The molecule has 41 heavy (non-hydrogen) atoms. The summed E-state index contributed by atoms with van der Waals surface area (Å²) in [4.78, 5) is 0. The van der Waals surface area contributed by atoms with Crippen molar-refractivity contribution >= 4 is 33.1 Å². The fraction of sp³-hybridized carbons (Fsp3) is 0.733. The molecule has 7 nitrogen and oxygen atoms in total. The molecule has 0 fully saturated rings. The van der Waals surface area contributed by atoms with E-state index in [0.29, 0.717) is 18.4 Å². The van der Waals surface area contributed by atoms with E-state index in [0.717, 1.165) is 18.1 Å². The monoisotopic (exact) mass is 646 g/mol. The summed E-state index contributed by atoms with van der Waals surface area (Å²) in [6.45, 7) is 10.2. The molecule has 11 heteroatoms. The van der Waals surface area contributed by atoms with Crippen LogP contribution in [0.2, 0.25) is 0 Å². The molecule has 0 saturated carbocycles. The Balaban J connectivity index is -0.000000503. The number of thiophene rings is 2. The molecule has 2 aromatic rings. The Morgan fingerprint density at radius 3 is 1.68 bits per heavy atom. The summed E-state index contributed by atoms with van der Waals surface area (Å²) in [7, 11) is -3.25. The minimum atomic E-state index is -4.92. The maximum absolute atomic E-state index is 9.11. The van der Waals surface area contributed by atoms with Gasteiger partial charge in [0.15, 0.2) is 0 Å². The van der Waals surface area contributed by atoms with Crippen LogP contribution in [0.1, 0.15) is 111 Å². The maximum Gasteiger partial charge on any atom is 1.00 e. The van der Waals surface area contributed by atoms with Crippen molar-refractivity contribution in [3.63, 3.8) is 0 Å². The van der Waals surface area contributed by atoms with E-state index in [-0.39, 0.29) is 29.6 Å². The van der Waals surface area contributed by atoms with Gasteiger partial charge in [-0.1, -0.05) is 91.9 Å². The predicted octanol–water partition coefficient (Wildman–Crippen LogP) is 6.25. The van der Waals surface area contributed by atoms with Crippen LogP contribution in [0.3, 0.4) is 0 Å². The van der Waals surface area contributed by atoms with Crippen molar-refractivity contribution in [1.82, 2.24) is 0 Å². The average molecular weight is 647 g/mol. The standard InChI is InChI=1S/C13H22OS.C12H26O.C5H6OS.Na.H2O4S/c1-3-4-5-6-7-12(2)10-14-13-8-9-15-11-13;1-3-5-7-8-10-12(11-13)9-6-4-2;1-6-5-2-3-7-4-5;;1-5(2,3)4/h8-9,11-12H,3-7,10H2,1-2H3;12-13H,3-11H2,1-2H3;2-4H,1H3;;(H2,1,2,3,4)/q;;;+1;/p-1. The Morgan fingerprint density at radius 2 is 1.29 bits per heavy atom. The second-order valence-electron chi connectivity index (χ2n) is 9.86. The van der Waals surface area contributed by atoms with Gasteiger partial charge in [-0.2, -0.15) is 0 Å². The van der Waals surface area contributed by atoms with E-state index in [1.807, 2.05) is 22.9 Å². The van der Waals surface area contributed by atoms with Gasteiger partial charge in [0.2, 0.25) is 10.4 Å². The number of hydrogen-bond acceptors (Lipinski definition) is 8. The third-order valence-electron chi connectivity index (χ3n) is 6.00. The van der Waals surface area contributed by atoms with Gasteiger partial charge in [-0.25, -0.2) is 8.42 Å². The molecule has 0 spiro atoms. The Labute approximate surface area is 281 Å². The SMILES string of the molecule is CCCCCCC(C)COc1ccsc1.CCCCCCC(CO)CCCC.COc1ccsc1.O=S(=O)([O-])O.[Na+]. The van der Waals surface area contributed by atoms with Crippen LogP contribution in [0.4, 0.5) is 0 Å². The molecule has 0 saturated heterocycles. The van der Waals surface area contributed by atoms with Gasteiger partial charge in [0, 0.05) is 17.4 Å². The number of hydrogen-bond donors (Lipinski definition) is 2. The van der Waals surface area contributed by atoms with Crippen molar-refractivity contribution in [3.05, 3.63) is 33.7 Å². The molecular formula is C30H55NaO7S3. The molecule has 2 N–H and O–H groups in total. The number of unbranched alkanes of at least 4 members (excludes halogenated alkanes) is 7. The van der Waals surface area contributed by atoms with Gasteiger partial charge in [-0.3, -0.25) is 4.55 Å². The molecule has 0 aromatic carbocycles. The molecule has 0 aliphatic carbocycles. The van der Waals surface area contributed by atoms with Gasteiger partial charge < -0.3 is 19.1 Å². The molecule has 0 aliphatic heterocycles. The van der Waals surface area contributed by atoms with Crippen molar-refractivity contribution in [2.75, 3.05) is 20.3 Å². The summed E-state index contributed by atoms with van der Waals surface area (Å²) in [5.74, 6) is 3.24. The Morgan fingerprint density at radius 1 is 0.829 bits per heavy atom. The minimum absolute atomic E-state index is 0. The van der Waals surface area contributed by atoms with Crippen molar-refractivity contribution < 1.29 is 61.7 Å². The molecule has 2 atom stereocenters. The second kappa shape index (κ2) is 32.7. The van der Waals surface area contributed by atoms with Gasteiger partial charge in [0.05, 0.1) is 13.7 Å². The summed E-state index contributed by atoms with van der Waals surface area (Å²) in [6.07, 6.45) is 17.0. The van der Waals surface area contributed by atoms with Crippen LogP contribution >= 0.6 is 22.7 Å². The first kappa shape index (κ1) is 45.3. The van der Waals surface area contributed by atoms with Gasteiger partial charge in [-0.15, -0.1) is 22.7 Å². The van der Waals surface area contributed by atoms with E-state index >= 15 is 0 Å². The number of rotatable bonds is 18. The first-order chi connectivity index (χ1) is 19.1. The first-order valence-corrected chi connectivity index (χ1v) is 17.9. The third kappa shape index (κ3) is 37.8. The molecule has 2 rings (SSSR count). The summed E-state index contributed by atoms with van der Waals surface area (Å²) in [6, 6.07) is 3.97. The van der Waals surface area contributed by atoms with Crippen LogP contribution in [0.25, 0.3) is 0 Å². The van der Waals surface area contributed by atoms with E-state index in [2.05, 4.69) is 38.5 Å². The Bertz CT molecular complexity index is 824. The van der Waals surface area contributed by atoms with Gasteiger partial charge in [-0.05, 0) is 54.0 Å². The van der Waals surface area contributed by atoms with Gasteiger partial charge in [0.25, 0.3) is 0 Å². The van der Waals surface area contributed by atoms with E-state index in [4.69, 9.17) is 32.1 Å². The fourth-order valence-corrected chi connectivity index (χ4v) is 4.80. The molecular weight excluding hydrogens is 592 g/mol. The number of methoxy groups -OCH3 is 1. The van der Waals surface area contributed by atoms with Gasteiger partial charge in [0.1, 0.15) is 11.5 Å². The van der Waals surface area contributed by atoms with Crippen LogP contribution < -0.4 is 39.0 Å². The smallest absolute Gasteiger partial charge is 0.726 e. The molecule has 2 aromatic heterocycles. The molecule has 0 aliphatic rings. The van der Waals surface area contributed by atoms with E-state index in [9.17, 15) is 0 Å². The molecule has 2 heterocycles. The average Bonchev–Trinajstić information content (AvgIpc) is 3.64. The van der Waals surface area contributed by atoms with E-state index < -0.39 is 10.4 Å². The second-order valence-corrected chi connectivity index (χ2v) is 12.3. The topological polar surface area (TPSA) is 116 Å². The number of aliphatic hydroxyl groups excluding tert-OH is 1. The zero-order valence-electron chi connectivity index (χ0n) is 26.4. The van der Waals surface area contributed by atoms with Crippen molar-refractivity contribution in [2.45, 2.75) is 111 Å². The Hall–Kier alpha value is -0.170. The van der Waals surface area contributed by atoms with E-state index in [1.54, 1.807) is 29.8 Å². The van der Waals surface area contributed by atoms with Crippen molar-refractivity contribution in [3.8, 4) is 11.5 Å². The summed E-state index contributed by atoms with van der Waals surface area (Å²) >= 11 is 3.33. The van der Waals surface area contributed by atoms with Gasteiger partial charge >= 0.3 is 29.6 Å². The molecule has 0 amide bonds. The molecule has 2 unspecified atom stereocenters. The largest absolute Gasteiger partial charge is 1.00 e. The quantitative estimate of drug-likeness (QED) is 0.0851. The van der Waals surface area contributed by atoms with Crippen LogP contribution in [0.5, 0.6) is 11.5 Å². The molecule has 0 bridgehead atoms. The summed E-state index contributed by atoms with van der Waals surface area (Å²) in [5, 5.41) is 17.2. The molecule has 0 radical (unpaired) electrons. The van der Waals surface area contributed by atoms with Crippen LogP contribution in [0, 0.1) is 11.8 Å². The fourth-order valence-electron chi connectivity index (χ4n) is 3.62. The van der Waals surface area contributed by atoms with Crippen LogP contribution in [-0.4, -0.2) is 43.0 Å². The zero-order chi connectivity index (χ0) is 30.5. The van der Waals surface area contributed by atoms with Crippen LogP contribution in [-0.2, 0) is 10.4 Å². The zero-order valence-corrected chi connectivity index (χ0v) is 30.8. The maximum atomic E-state index is 9.11. The van der Waals surface area contributed by atoms with E-state index in [1.165, 1.54) is 83.5 Å². The minimum Gasteiger partial charge on any atom is -0.726 e. The summed E-state index contributed by atoms with van der Waals surface area (Å²) in [5.41, 5.74) is 0. The summed E-state index contributed by atoms with van der Waals surface area (Å²) < 4.78 is 43.4. The number of ether oxygens (including phenoxy) is 2. The molecule has 236 valence electrons.